The number of rotatable bonds is 6. The molecule has 2 rings (SSSR count). The number of carbonyl (C=O) groups is 1. The van der Waals surface area contributed by atoms with Crippen LogP contribution in [0.1, 0.15) is 11.4 Å². The standard InChI is InChI=1S/C14H15ClF3N5O2/c1-25-5-4-23-8-20-22-12(23)7-19-13(24)21-11-6-9(14(16,17)18)2-3-10(11)15/h2-3,6,8H,4-5,7H2,1H3,(H2,19,21,24). The van der Waals surface area contributed by atoms with E-state index in [4.69, 9.17) is 16.3 Å². The average molecular weight is 378 g/mol. The number of anilines is 1. The molecule has 2 amide bonds. The molecule has 2 aromatic rings. The maximum Gasteiger partial charge on any atom is 0.416 e. The third-order valence-electron chi connectivity index (χ3n) is 3.18. The molecule has 1 aromatic heterocycles. The van der Waals surface area contributed by atoms with Gasteiger partial charge in [0.05, 0.1) is 29.4 Å². The molecule has 0 atom stereocenters. The van der Waals surface area contributed by atoms with Crippen molar-refractivity contribution in [1.29, 1.82) is 0 Å². The second-order valence-corrected chi connectivity index (χ2v) is 5.34. The maximum absolute atomic E-state index is 12.7. The summed E-state index contributed by atoms with van der Waals surface area (Å²) in [6.07, 6.45) is -3.05. The lowest BCUT2D eigenvalue weighted by molar-refractivity contribution is -0.137. The molecule has 1 heterocycles. The molecule has 7 nitrogen and oxygen atoms in total. The quantitative estimate of drug-likeness (QED) is 0.811. The van der Waals surface area contributed by atoms with Gasteiger partial charge in [0.25, 0.3) is 0 Å². The molecule has 0 fully saturated rings. The van der Waals surface area contributed by atoms with Crippen molar-refractivity contribution >= 4 is 23.3 Å². The number of urea groups is 1. The molecule has 0 aliphatic carbocycles. The Balaban J connectivity index is 1.98. The molecule has 2 N–H and O–H groups in total. The summed E-state index contributed by atoms with van der Waals surface area (Å²) in [5, 5.41) is 12.3. The second kappa shape index (κ2) is 8.17. The molecule has 0 saturated heterocycles. The maximum atomic E-state index is 12.7. The summed E-state index contributed by atoms with van der Waals surface area (Å²) in [5.41, 5.74) is -1.05. The number of carbonyl (C=O) groups excluding carboxylic acids is 1. The molecule has 0 aliphatic heterocycles. The normalized spacial score (nSPS) is 11.4. The first-order valence-electron chi connectivity index (χ1n) is 7.08. The van der Waals surface area contributed by atoms with Crippen LogP contribution in [-0.2, 0) is 24.0 Å². The van der Waals surface area contributed by atoms with E-state index < -0.39 is 17.8 Å². The van der Waals surface area contributed by atoms with Crippen molar-refractivity contribution in [3.8, 4) is 0 Å². The average Bonchev–Trinajstić information content (AvgIpc) is 2.99. The summed E-state index contributed by atoms with van der Waals surface area (Å²) in [7, 11) is 1.55. The van der Waals surface area contributed by atoms with E-state index in [1.807, 2.05) is 0 Å². The van der Waals surface area contributed by atoms with Crippen LogP contribution in [-0.4, -0.2) is 34.5 Å². The predicted molar refractivity (Wildman–Crippen MR) is 84.2 cm³/mol. The van der Waals surface area contributed by atoms with E-state index in [1.54, 1.807) is 11.7 Å². The Morgan fingerprint density at radius 3 is 2.84 bits per heavy atom. The van der Waals surface area contributed by atoms with Crippen LogP contribution >= 0.6 is 11.6 Å². The fraction of sp³-hybridized carbons (Fsp3) is 0.357. The van der Waals surface area contributed by atoms with Crippen molar-refractivity contribution in [3.05, 3.63) is 40.9 Å². The Kier molecular flexibility index (Phi) is 6.21. The first-order valence-corrected chi connectivity index (χ1v) is 7.46. The van der Waals surface area contributed by atoms with Crippen LogP contribution in [0.25, 0.3) is 0 Å². The molecule has 11 heteroatoms. The van der Waals surface area contributed by atoms with Gasteiger partial charge < -0.3 is 19.9 Å². The Hall–Kier alpha value is -2.33. The van der Waals surface area contributed by atoms with E-state index in [2.05, 4.69) is 20.8 Å². The van der Waals surface area contributed by atoms with Gasteiger partial charge in [0.15, 0.2) is 5.82 Å². The van der Waals surface area contributed by atoms with Crippen molar-refractivity contribution in [2.24, 2.45) is 0 Å². The van der Waals surface area contributed by atoms with Gasteiger partial charge in [-0.15, -0.1) is 10.2 Å². The fourth-order valence-electron chi connectivity index (χ4n) is 1.92. The molecule has 0 unspecified atom stereocenters. The highest BCUT2D eigenvalue weighted by Gasteiger charge is 2.31. The zero-order valence-corrected chi connectivity index (χ0v) is 13.9. The smallest absolute Gasteiger partial charge is 0.383 e. The number of hydrogen-bond donors (Lipinski definition) is 2. The number of halogens is 4. The van der Waals surface area contributed by atoms with Crippen molar-refractivity contribution < 1.29 is 22.7 Å². The molecule has 0 spiro atoms. The summed E-state index contributed by atoms with van der Waals surface area (Å²) < 4.78 is 44.8. The van der Waals surface area contributed by atoms with Gasteiger partial charge in [0, 0.05) is 13.7 Å². The number of alkyl halides is 3. The van der Waals surface area contributed by atoms with Crippen molar-refractivity contribution in [2.45, 2.75) is 19.3 Å². The summed E-state index contributed by atoms with van der Waals surface area (Å²) >= 11 is 5.82. The fourth-order valence-corrected chi connectivity index (χ4v) is 2.08. The molecule has 1 aromatic carbocycles. The van der Waals surface area contributed by atoms with Gasteiger partial charge in [-0.05, 0) is 18.2 Å². The molecular formula is C14H15ClF3N5O2. The summed E-state index contributed by atoms with van der Waals surface area (Å²) in [4.78, 5) is 11.9. The van der Waals surface area contributed by atoms with Gasteiger partial charge >= 0.3 is 12.2 Å². The van der Waals surface area contributed by atoms with Gasteiger partial charge in [-0.3, -0.25) is 0 Å². The lowest BCUT2D eigenvalue weighted by atomic mass is 10.2. The van der Waals surface area contributed by atoms with E-state index in [1.165, 1.54) is 6.33 Å². The van der Waals surface area contributed by atoms with Gasteiger partial charge in [0.2, 0.25) is 0 Å². The van der Waals surface area contributed by atoms with Gasteiger partial charge in [-0.1, -0.05) is 11.6 Å². The number of ether oxygens (including phenoxy) is 1. The van der Waals surface area contributed by atoms with Crippen LogP contribution in [0.15, 0.2) is 24.5 Å². The number of amides is 2. The van der Waals surface area contributed by atoms with Crippen LogP contribution in [0.5, 0.6) is 0 Å². The largest absolute Gasteiger partial charge is 0.416 e. The van der Waals surface area contributed by atoms with E-state index >= 15 is 0 Å². The minimum absolute atomic E-state index is 0.00795. The Morgan fingerprint density at radius 1 is 1.40 bits per heavy atom. The zero-order chi connectivity index (χ0) is 18.4. The number of nitrogens with zero attached hydrogens (tertiary/aromatic N) is 3. The molecule has 0 bridgehead atoms. The SMILES string of the molecule is COCCn1cnnc1CNC(=O)Nc1cc(C(F)(F)F)ccc1Cl. The summed E-state index contributed by atoms with van der Waals surface area (Å²) in [6.45, 7) is 0.977. The Morgan fingerprint density at radius 2 is 2.16 bits per heavy atom. The number of methoxy groups -OCH3 is 1. The summed E-state index contributed by atoms with van der Waals surface area (Å²) in [5.74, 6) is 0.474. The number of hydrogen-bond acceptors (Lipinski definition) is 4. The first kappa shape index (κ1) is 19.0. The minimum atomic E-state index is -4.53. The lowest BCUT2D eigenvalue weighted by Crippen LogP contribution is -2.29. The van der Waals surface area contributed by atoms with E-state index in [-0.39, 0.29) is 17.3 Å². The van der Waals surface area contributed by atoms with E-state index in [0.717, 1.165) is 18.2 Å². The molecular weight excluding hydrogens is 363 g/mol. The van der Waals surface area contributed by atoms with Gasteiger partial charge in [0.1, 0.15) is 6.33 Å². The van der Waals surface area contributed by atoms with E-state index in [9.17, 15) is 18.0 Å². The van der Waals surface area contributed by atoms with Crippen LogP contribution in [0.4, 0.5) is 23.7 Å². The number of benzene rings is 1. The molecule has 0 saturated carbocycles. The van der Waals surface area contributed by atoms with Gasteiger partial charge in [-0.25, -0.2) is 4.79 Å². The van der Waals surface area contributed by atoms with Crippen LogP contribution in [0.3, 0.4) is 0 Å². The van der Waals surface area contributed by atoms with Crippen LogP contribution < -0.4 is 10.6 Å². The number of nitrogens with one attached hydrogen (secondary N) is 2. The predicted octanol–water partition coefficient (Wildman–Crippen LogP) is 2.92. The monoisotopic (exact) mass is 377 g/mol. The van der Waals surface area contributed by atoms with Crippen molar-refractivity contribution in [3.63, 3.8) is 0 Å². The molecule has 25 heavy (non-hydrogen) atoms. The number of aromatic nitrogens is 3. The zero-order valence-electron chi connectivity index (χ0n) is 13.1. The van der Waals surface area contributed by atoms with Gasteiger partial charge in [-0.2, -0.15) is 13.2 Å². The highest BCUT2D eigenvalue weighted by atomic mass is 35.5. The third-order valence-corrected chi connectivity index (χ3v) is 3.51. The topological polar surface area (TPSA) is 81.1 Å². The minimum Gasteiger partial charge on any atom is -0.383 e. The Bertz CT molecular complexity index is 735. The second-order valence-electron chi connectivity index (χ2n) is 4.93. The third kappa shape index (κ3) is 5.33. The Labute approximate surface area is 146 Å². The molecule has 0 radical (unpaired) electrons. The highest BCUT2D eigenvalue weighted by molar-refractivity contribution is 6.33. The molecule has 136 valence electrons. The van der Waals surface area contributed by atoms with Crippen molar-refractivity contribution in [2.75, 3.05) is 19.0 Å². The van der Waals surface area contributed by atoms with Crippen molar-refractivity contribution in [1.82, 2.24) is 20.1 Å². The summed E-state index contributed by atoms with van der Waals surface area (Å²) in [6, 6.07) is 1.95. The molecule has 0 aliphatic rings. The first-order chi connectivity index (χ1) is 11.8. The van der Waals surface area contributed by atoms with E-state index in [0.29, 0.717) is 19.0 Å². The van der Waals surface area contributed by atoms with Crippen LogP contribution in [0.2, 0.25) is 5.02 Å². The van der Waals surface area contributed by atoms with Crippen LogP contribution in [0, 0.1) is 0 Å². The highest BCUT2D eigenvalue weighted by Crippen LogP contribution is 2.33. The lowest BCUT2D eigenvalue weighted by Gasteiger charge is -2.12.